The maximum absolute atomic E-state index is 12.9. The van der Waals surface area contributed by atoms with E-state index in [1.807, 2.05) is 0 Å². The Morgan fingerprint density at radius 1 is 0.287 bits per heavy atom. The van der Waals surface area contributed by atoms with Crippen molar-refractivity contribution in [3.05, 3.63) is 97.2 Å². The summed E-state index contributed by atoms with van der Waals surface area (Å²) in [5.41, 5.74) is 0. The van der Waals surface area contributed by atoms with Crippen molar-refractivity contribution in [2.45, 2.75) is 373 Å². The lowest BCUT2D eigenvalue weighted by molar-refractivity contribution is -0.161. The van der Waals surface area contributed by atoms with Crippen LogP contribution in [-0.2, 0) is 55.8 Å². The van der Waals surface area contributed by atoms with Crippen molar-refractivity contribution in [1.29, 1.82) is 0 Å². The summed E-state index contributed by atoms with van der Waals surface area (Å²) in [7, 11) is -9.78. The molecule has 0 saturated carbocycles. The van der Waals surface area contributed by atoms with Gasteiger partial charge in [0.15, 0.2) is 6.10 Å². The highest BCUT2D eigenvalue weighted by atomic mass is 31.2. The van der Waals surface area contributed by atoms with Gasteiger partial charge in [-0.2, -0.15) is 0 Å². The zero-order valence-corrected chi connectivity index (χ0v) is 65.9. The molecule has 0 aromatic carbocycles. The van der Waals surface area contributed by atoms with Crippen molar-refractivity contribution in [3.8, 4) is 0 Å². The number of aliphatic hydroxyl groups is 2. The molecule has 0 aliphatic carbocycles. The maximum Gasteiger partial charge on any atom is 0.472 e. The number of phosphoric ester groups is 2. The van der Waals surface area contributed by atoms with Crippen LogP contribution in [0.15, 0.2) is 97.2 Å². The second kappa shape index (κ2) is 76.1. The third kappa shape index (κ3) is 77.4. The Balaban J connectivity index is 4.34. The van der Waals surface area contributed by atoms with E-state index < -0.39 is 91.5 Å². The van der Waals surface area contributed by atoms with E-state index in [4.69, 9.17) is 32.3 Å². The first-order valence-corrected chi connectivity index (χ1v) is 43.5. The topological polar surface area (TPSA) is 231 Å². The van der Waals surface area contributed by atoms with Crippen molar-refractivity contribution in [2.75, 3.05) is 39.6 Å². The van der Waals surface area contributed by atoms with Gasteiger partial charge in [-0.15, -0.1) is 0 Å². The molecule has 0 rings (SSSR count). The molecule has 0 aromatic rings. The lowest BCUT2D eigenvalue weighted by atomic mass is 10.0. The van der Waals surface area contributed by atoms with Crippen molar-refractivity contribution < 1.29 is 75.8 Å². The van der Waals surface area contributed by atoms with Gasteiger partial charge in [0.1, 0.15) is 25.4 Å². The smallest absolute Gasteiger partial charge is 0.463 e. The average molecular weight is 1460 g/mol. The quantitative estimate of drug-likeness (QED) is 0.0146. The summed E-state index contributed by atoms with van der Waals surface area (Å²) in [5, 5.41) is 20.6. The molecule has 101 heavy (non-hydrogen) atoms. The van der Waals surface area contributed by atoms with Gasteiger partial charge < -0.3 is 34.2 Å². The molecule has 4 N–H and O–H groups in total. The third-order valence-corrected chi connectivity index (χ3v) is 19.2. The van der Waals surface area contributed by atoms with Gasteiger partial charge in [-0.1, -0.05) is 311 Å². The number of aliphatic hydroxyl groups excluding tert-OH is 2. The zero-order chi connectivity index (χ0) is 73.7. The highest BCUT2D eigenvalue weighted by Gasteiger charge is 2.29. The Morgan fingerprint density at radius 3 is 0.861 bits per heavy atom. The molecule has 0 heterocycles. The molecular weight excluding hydrogens is 1310 g/mol. The van der Waals surface area contributed by atoms with Crippen molar-refractivity contribution >= 4 is 33.6 Å². The van der Waals surface area contributed by atoms with Crippen LogP contribution in [-0.4, -0.2) is 95.9 Å². The van der Waals surface area contributed by atoms with E-state index >= 15 is 0 Å². The van der Waals surface area contributed by atoms with Crippen molar-refractivity contribution in [2.24, 2.45) is 0 Å². The average Bonchev–Trinajstić information content (AvgIpc) is 1.74. The predicted molar refractivity (Wildman–Crippen MR) is 417 cm³/mol. The molecule has 0 aliphatic heterocycles. The molecule has 5 atom stereocenters. The van der Waals surface area contributed by atoms with Gasteiger partial charge in [-0.25, -0.2) is 9.13 Å². The molecule has 0 aliphatic rings. The molecule has 0 spiro atoms. The first kappa shape index (κ1) is 97.5. The number of hydrogen-bond acceptors (Lipinski definition) is 14. The lowest BCUT2D eigenvalue weighted by Crippen LogP contribution is -2.30. The van der Waals surface area contributed by atoms with E-state index in [1.165, 1.54) is 161 Å². The summed E-state index contributed by atoms with van der Waals surface area (Å²) in [6.07, 6.45) is 87.7. The lowest BCUT2D eigenvalue weighted by Gasteiger charge is -2.21. The van der Waals surface area contributed by atoms with E-state index in [-0.39, 0.29) is 19.3 Å². The number of rotatable bonds is 77. The van der Waals surface area contributed by atoms with Crippen molar-refractivity contribution in [3.63, 3.8) is 0 Å². The van der Waals surface area contributed by atoms with Gasteiger partial charge in [-0.05, 0) is 122 Å². The summed E-state index contributed by atoms with van der Waals surface area (Å²) in [6, 6.07) is 0. The number of ether oxygens (including phenoxy) is 3. The van der Waals surface area contributed by atoms with E-state index in [2.05, 4.69) is 118 Å². The van der Waals surface area contributed by atoms with Crippen LogP contribution < -0.4 is 0 Å². The second-order valence-corrected chi connectivity index (χ2v) is 30.1. The number of unbranched alkanes of at least 4 members (excludes halogenated alkanes) is 38. The first-order chi connectivity index (χ1) is 49.2. The number of esters is 3. The highest BCUT2D eigenvalue weighted by Crippen LogP contribution is 2.45. The zero-order valence-electron chi connectivity index (χ0n) is 64.1. The van der Waals surface area contributed by atoms with Gasteiger partial charge in [-0.3, -0.25) is 32.5 Å². The molecule has 16 nitrogen and oxygen atoms in total. The fourth-order valence-corrected chi connectivity index (χ4v) is 12.7. The normalized spacial score (nSPS) is 14.5. The molecule has 0 amide bonds. The molecular formula is C83H148O16P2. The second-order valence-electron chi connectivity index (χ2n) is 27.2. The van der Waals surface area contributed by atoms with Gasteiger partial charge in [0.2, 0.25) is 0 Å². The minimum atomic E-state index is -4.93. The van der Waals surface area contributed by atoms with Crippen molar-refractivity contribution in [1.82, 2.24) is 0 Å². The van der Waals surface area contributed by atoms with E-state index in [0.29, 0.717) is 19.3 Å². The van der Waals surface area contributed by atoms with Gasteiger partial charge >= 0.3 is 33.6 Å². The molecule has 0 fully saturated rings. The largest absolute Gasteiger partial charge is 0.472 e. The number of carbonyl (C=O) groups excluding carboxylic acids is 3. The molecule has 0 radical (unpaired) electrons. The van der Waals surface area contributed by atoms with Gasteiger partial charge in [0.25, 0.3) is 0 Å². The Labute approximate surface area is 616 Å². The number of hydrogen-bond donors (Lipinski definition) is 4. The van der Waals surface area contributed by atoms with Gasteiger partial charge in [0.05, 0.1) is 26.4 Å². The summed E-state index contributed by atoms with van der Waals surface area (Å²) >= 11 is 0. The minimum Gasteiger partial charge on any atom is -0.463 e. The van der Waals surface area contributed by atoms with Crippen LogP contribution in [0.2, 0.25) is 0 Å². The first-order valence-electron chi connectivity index (χ1n) is 40.5. The minimum absolute atomic E-state index is 0.0937. The molecule has 5 unspecified atom stereocenters. The number of phosphoric acid groups is 2. The number of allylic oxidation sites excluding steroid dienone is 16. The molecule has 0 bridgehead atoms. The number of carbonyl (C=O) groups is 3. The van der Waals surface area contributed by atoms with Crippen LogP contribution in [0.3, 0.4) is 0 Å². The fraction of sp³-hybridized carbons (Fsp3) is 0.771. The highest BCUT2D eigenvalue weighted by molar-refractivity contribution is 7.47. The van der Waals surface area contributed by atoms with Crippen LogP contribution in [0.5, 0.6) is 0 Å². The maximum atomic E-state index is 12.9. The molecule has 18 heteroatoms. The Bertz CT molecular complexity index is 2220. The van der Waals surface area contributed by atoms with Crippen LogP contribution in [0, 0.1) is 0 Å². The standard InChI is InChI=1S/C83H148O16P2/c1-4-7-10-13-16-19-22-25-28-29-30-31-32-33-34-35-36-37-38-39-40-41-42-43-44-45-46-47-50-52-54-57-60-63-66-69-81(86)93-72-78(84)73-95-100(89,90)96-74-79(85)75-97-101(91,92)98-77-80(99-83(88)71-68-65-62-59-56-53-49-27-24-21-18-15-12-9-6-3)76-94-82(87)70-67-64-61-58-55-51-48-26-23-20-17-14-11-8-5-2/h7,10,16-17,19-20,25-28,30-31,33-34,48-49,78-80,84-85H,4-6,8-9,11-15,18,21-24,29,32,35-47,50-77H2,1-3H3,(H,89,90)(H,91,92)/b10-7-,19-16-,20-17-,28-25-,31-30-,34-33-,48-26-,49-27-. The summed E-state index contributed by atoms with van der Waals surface area (Å²) in [4.78, 5) is 58.6. The summed E-state index contributed by atoms with van der Waals surface area (Å²) in [5.74, 6) is -1.59. The van der Waals surface area contributed by atoms with Crippen LogP contribution in [0.1, 0.15) is 355 Å². The third-order valence-electron chi connectivity index (χ3n) is 17.3. The van der Waals surface area contributed by atoms with E-state index in [9.17, 15) is 43.5 Å². The van der Waals surface area contributed by atoms with Crippen LogP contribution in [0.25, 0.3) is 0 Å². The Morgan fingerprint density at radius 2 is 0.525 bits per heavy atom. The molecule has 0 aromatic heterocycles. The molecule has 0 saturated heterocycles. The Kier molecular flexibility index (Phi) is 73.5. The van der Waals surface area contributed by atoms with Crippen LogP contribution >= 0.6 is 15.6 Å². The monoisotopic (exact) mass is 1460 g/mol. The fourth-order valence-electron chi connectivity index (χ4n) is 11.1. The SMILES string of the molecule is CC/C=C\C/C=C\C/C=C\C/C=C\C/C=C\CCCCCCCCCCCCCCCCCCCCCC(=O)OCC(O)COP(=O)(O)OCC(O)COP(=O)(O)OCC(COC(=O)CCCCCCC/C=C\C/C=C\CCCCC)OC(=O)CCCCCCC/C=C\CCCCCCCC. The van der Waals surface area contributed by atoms with E-state index in [1.54, 1.807) is 0 Å². The van der Waals surface area contributed by atoms with Gasteiger partial charge in [0, 0.05) is 19.3 Å². The van der Waals surface area contributed by atoms with Crippen LogP contribution in [0.4, 0.5) is 0 Å². The Hall–Kier alpha value is -3.53. The summed E-state index contributed by atoms with van der Waals surface area (Å²) in [6.45, 7) is 2.55. The molecule has 586 valence electrons. The summed E-state index contributed by atoms with van der Waals surface area (Å²) < 4.78 is 61.1. The van der Waals surface area contributed by atoms with E-state index in [0.717, 1.165) is 135 Å². The predicted octanol–water partition coefficient (Wildman–Crippen LogP) is 23.8.